The van der Waals surface area contributed by atoms with Crippen molar-refractivity contribution >= 4 is 11.0 Å². The molecule has 0 fully saturated rings. The van der Waals surface area contributed by atoms with Gasteiger partial charge in [-0.05, 0) is 12.1 Å². The van der Waals surface area contributed by atoms with Crippen molar-refractivity contribution in [3.05, 3.63) is 59.2 Å². The standard InChI is InChI=1S/C14H9N5O2/c20-14-10(7-9-3-1-2-4-12(9)21-14)11-8-19(18-16-11)13-5-6-15-17-13/h1-8H,(H,15,17). The molecule has 0 aliphatic carbocycles. The second kappa shape index (κ2) is 4.41. The molecule has 102 valence electrons. The molecule has 3 heterocycles. The molecule has 1 aromatic carbocycles. The summed E-state index contributed by atoms with van der Waals surface area (Å²) in [6, 6.07) is 10.8. The molecule has 4 rings (SSSR count). The number of para-hydroxylation sites is 1. The van der Waals surface area contributed by atoms with Crippen LogP contribution in [0.3, 0.4) is 0 Å². The minimum atomic E-state index is -0.439. The van der Waals surface area contributed by atoms with Gasteiger partial charge in [-0.1, -0.05) is 23.4 Å². The molecule has 0 aliphatic rings. The zero-order chi connectivity index (χ0) is 14.2. The van der Waals surface area contributed by atoms with Crippen LogP contribution in [0.1, 0.15) is 0 Å². The SMILES string of the molecule is O=c1oc2ccccc2cc1-c1cn(-c2ccn[nH]2)nn1. The summed E-state index contributed by atoms with van der Waals surface area (Å²) in [6.45, 7) is 0. The highest BCUT2D eigenvalue weighted by Gasteiger charge is 2.12. The highest BCUT2D eigenvalue weighted by molar-refractivity contribution is 5.80. The first-order valence-corrected chi connectivity index (χ1v) is 6.26. The number of aromatic amines is 1. The quantitative estimate of drug-likeness (QED) is 0.565. The van der Waals surface area contributed by atoms with Gasteiger partial charge in [0.25, 0.3) is 0 Å². The fourth-order valence-electron chi connectivity index (χ4n) is 2.12. The van der Waals surface area contributed by atoms with Crippen LogP contribution in [-0.2, 0) is 0 Å². The lowest BCUT2D eigenvalue weighted by Crippen LogP contribution is -2.02. The van der Waals surface area contributed by atoms with Gasteiger partial charge in [-0.2, -0.15) is 5.10 Å². The average Bonchev–Trinajstić information content (AvgIpc) is 3.17. The Morgan fingerprint density at radius 1 is 1.19 bits per heavy atom. The number of hydrogen-bond acceptors (Lipinski definition) is 5. The fourth-order valence-corrected chi connectivity index (χ4v) is 2.12. The van der Waals surface area contributed by atoms with E-state index in [1.807, 2.05) is 18.2 Å². The van der Waals surface area contributed by atoms with Gasteiger partial charge < -0.3 is 4.42 Å². The first kappa shape index (κ1) is 11.6. The molecule has 7 heteroatoms. The number of benzene rings is 1. The number of H-pyrrole nitrogens is 1. The molecule has 0 amide bonds. The van der Waals surface area contributed by atoms with Gasteiger partial charge in [-0.25, -0.2) is 9.48 Å². The predicted octanol–water partition coefficient (Wildman–Crippen LogP) is 1.76. The lowest BCUT2D eigenvalue weighted by Gasteiger charge is -1.98. The van der Waals surface area contributed by atoms with Crippen molar-refractivity contribution in [2.45, 2.75) is 0 Å². The van der Waals surface area contributed by atoms with E-state index in [-0.39, 0.29) is 0 Å². The lowest BCUT2D eigenvalue weighted by molar-refractivity contribution is 0.563. The van der Waals surface area contributed by atoms with Gasteiger partial charge in [0.05, 0.1) is 18.0 Å². The molecular weight excluding hydrogens is 270 g/mol. The maximum Gasteiger partial charge on any atom is 0.345 e. The first-order chi connectivity index (χ1) is 10.3. The van der Waals surface area contributed by atoms with Gasteiger partial charge in [0.2, 0.25) is 0 Å². The number of nitrogens with zero attached hydrogens (tertiary/aromatic N) is 4. The molecule has 0 spiro atoms. The van der Waals surface area contributed by atoms with E-state index in [1.165, 1.54) is 4.68 Å². The third kappa shape index (κ3) is 1.91. The van der Waals surface area contributed by atoms with Crippen LogP contribution in [-0.4, -0.2) is 25.2 Å². The molecule has 0 atom stereocenters. The Morgan fingerprint density at radius 2 is 2.10 bits per heavy atom. The zero-order valence-corrected chi connectivity index (χ0v) is 10.7. The van der Waals surface area contributed by atoms with Crippen LogP contribution < -0.4 is 5.63 Å². The Morgan fingerprint density at radius 3 is 2.95 bits per heavy atom. The normalized spacial score (nSPS) is 11.0. The van der Waals surface area contributed by atoms with Crippen LogP contribution in [0.5, 0.6) is 0 Å². The lowest BCUT2D eigenvalue weighted by atomic mass is 10.1. The van der Waals surface area contributed by atoms with Gasteiger partial charge in [-0.3, -0.25) is 5.10 Å². The van der Waals surface area contributed by atoms with E-state index >= 15 is 0 Å². The highest BCUT2D eigenvalue weighted by Crippen LogP contribution is 2.19. The second-order valence-electron chi connectivity index (χ2n) is 4.48. The Bertz CT molecular complexity index is 968. The van der Waals surface area contributed by atoms with Crippen molar-refractivity contribution in [1.82, 2.24) is 25.2 Å². The van der Waals surface area contributed by atoms with Gasteiger partial charge in [-0.15, -0.1) is 5.10 Å². The van der Waals surface area contributed by atoms with Gasteiger partial charge in [0, 0.05) is 11.5 Å². The van der Waals surface area contributed by atoms with Crippen molar-refractivity contribution < 1.29 is 4.42 Å². The summed E-state index contributed by atoms with van der Waals surface area (Å²) >= 11 is 0. The van der Waals surface area contributed by atoms with E-state index in [9.17, 15) is 4.79 Å². The summed E-state index contributed by atoms with van der Waals surface area (Å²) in [5, 5.41) is 15.4. The minimum absolute atomic E-state index is 0.375. The average molecular weight is 279 g/mol. The van der Waals surface area contributed by atoms with E-state index in [1.54, 1.807) is 30.6 Å². The third-order valence-electron chi connectivity index (χ3n) is 3.14. The van der Waals surface area contributed by atoms with Crippen LogP contribution in [0.25, 0.3) is 28.0 Å². The number of aromatic nitrogens is 5. The number of rotatable bonds is 2. The molecule has 0 radical (unpaired) electrons. The first-order valence-electron chi connectivity index (χ1n) is 6.26. The molecular formula is C14H9N5O2. The van der Waals surface area contributed by atoms with E-state index in [0.717, 1.165) is 5.39 Å². The molecule has 7 nitrogen and oxygen atoms in total. The Balaban J connectivity index is 1.87. The van der Waals surface area contributed by atoms with Crippen molar-refractivity contribution in [2.75, 3.05) is 0 Å². The van der Waals surface area contributed by atoms with Gasteiger partial charge in [0.15, 0.2) is 5.82 Å². The summed E-state index contributed by atoms with van der Waals surface area (Å²) in [6.07, 6.45) is 3.26. The summed E-state index contributed by atoms with van der Waals surface area (Å²) < 4.78 is 6.81. The van der Waals surface area contributed by atoms with Crippen LogP contribution in [0.4, 0.5) is 0 Å². The monoisotopic (exact) mass is 279 g/mol. The molecule has 3 aromatic heterocycles. The molecule has 0 unspecified atom stereocenters. The fraction of sp³-hybridized carbons (Fsp3) is 0. The molecule has 0 saturated heterocycles. The summed E-state index contributed by atoms with van der Waals surface area (Å²) in [7, 11) is 0. The van der Waals surface area contributed by atoms with Crippen LogP contribution in [0.15, 0.2) is 58.0 Å². The Hall–Kier alpha value is -3.22. The third-order valence-corrected chi connectivity index (χ3v) is 3.14. The van der Waals surface area contributed by atoms with Crippen molar-refractivity contribution in [3.8, 4) is 17.1 Å². The summed E-state index contributed by atoms with van der Waals surface area (Å²) in [5.41, 5.74) is 0.932. The van der Waals surface area contributed by atoms with Crippen molar-refractivity contribution in [2.24, 2.45) is 0 Å². The maximum absolute atomic E-state index is 12.1. The van der Waals surface area contributed by atoms with Crippen LogP contribution in [0, 0.1) is 0 Å². The molecule has 21 heavy (non-hydrogen) atoms. The highest BCUT2D eigenvalue weighted by atomic mass is 16.4. The summed E-state index contributed by atoms with van der Waals surface area (Å²) in [5.74, 6) is 0.666. The van der Waals surface area contributed by atoms with Crippen LogP contribution >= 0.6 is 0 Å². The predicted molar refractivity (Wildman–Crippen MR) is 75.0 cm³/mol. The molecule has 4 aromatic rings. The molecule has 1 N–H and O–H groups in total. The van der Waals surface area contributed by atoms with E-state index in [4.69, 9.17) is 4.42 Å². The molecule has 0 aliphatic heterocycles. The summed E-state index contributed by atoms with van der Waals surface area (Å²) in [4.78, 5) is 12.1. The Kier molecular flexibility index (Phi) is 2.43. The van der Waals surface area contributed by atoms with E-state index in [0.29, 0.717) is 22.7 Å². The number of hydrogen-bond donors (Lipinski definition) is 1. The van der Waals surface area contributed by atoms with Crippen molar-refractivity contribution in [3.63, 3.8) is 0 Å². The van der Waals surface area contributed by atoms with Gasteiger partial charge >= 0.3 is 5.63 Å². The topological polar surface area (TPSA) is 89.6 Å². The largest absolute Gasteiger partial charge is 0.422 e. The molecule has 0 bridgehead atoms. The van der Waals surface area contributed by atoms with Crippen LogP contribution in [0.2, 0.25) is 0 Å². The zero-order valence-electron chi connectivity index (χ0n) is 10.7. The molecule has 0 saturated carbocycles. The number of nitrogens with one attached hydrogen (secondary N) is 1. The van der Waals surface area contributed by atoms with Crippen molar-refractivity contribution in [1.29, 1.82) is 0 Å². The maximum atomic E-state index is 12.1. The van der Waals surface area contributed by atoms with E-state index < -0.39 is 5.63 Å². The minimum Gasteiger partial charge on any atom is -0.422 e. The van der Waals surface area contributed by atoms with E-state index in [2.05, 4.69) is 20.5 Å². The second-order valence-corrected chi connectivity index (χ2v) is 4.48. The number of fused-ring (bicyclic) bond motifs is 1. The smallest absolute Gasteiger partial charge is 0.345 e. The van der Waals surface area contributed by atoms with Gasteiger partial charge in [0.1, 0.15) is 11.3 Å². The Labute approximate surface area is 117 Å².